The zero-order valence-electron chi connectivity index (χ0n) is 11.4. The highest BCUT2D eigenvalue weighted by Gasteiger charge is 2.32. The minimum absolute atomic E-state index is 0.0964. The average Bonchev–Trinajstić information content (AvgIpc) is 2.87. The summed E-state index contributed by atoms with van der Waals surface area (Å²) in [6.07, 6.45) is -3.03. The van der Waals surface area contributed by atoms with Crippen molar-refractivity contribution in [2.24, 2.45) is 5.73 Å². The van der Waals surface area contributed by atoms with E-state index < -0.39 is 11.1 Å². The minimum atomic E-state index is -4.38. The Morgan fingerprint density at radius 3 is 2.77 bits per heavy atom. The summed E-state index contributed by atoms with van der Waals surface area (Å²) in [5.41, 5.74) is 5.74. The van der Waals surface area contributed by atoms with Gasteiger partial charge in [-0.05, 0) is 18.9 Å². The molecule has 2 N–H and O–H groups in total. The van der Waals surface area contributed by atoms with E-state index >= 15 is 0 Å². The van der Waals surface area contributed by atoms with Crippen LogP contribution in [0.1, 0.15) is 23.4 Å². The fraction of sp³-hybridized carbons (Fsp3) is 0.286. The van der Waals surface area contributed by atoms with Crippen LogP contribution in [0.3, 0.4) is 0 Å². The van der Waals surface area contributed by atoms with Crippen LogP contribution in [0.25, 0.3) is 0 Å². The average molecular weight is 330 g/mol. The van der Waals surface area contributed by atoms with Crippen LogP contribution >= 0.6 is 11.3 Å². The zero-order valence-corrected chi connectivity index (χ0v) is 12.2. The maximum absolute atomic E-state index is 12.5. The van der Waals surface area contributed by atoms with Crippen molar-refractivity contribution in [2.45, 2.75) is 25.4 Å². The highest BCUT2D eigenvalue weighted by Crippen LogP contribution is 2.37. The third-order valence-corrected chi connectivity index (χ3v) is 3.67. The van der Waals surface area contributed by atoms with Crippen molar-refractivity contribution in [1.29, 1.82) is 0 Å². The van der Waals surface area contributed by atoms with Gasteiger partial charge in [-0.1, -0.05) is 6.07 Å². The summed E-state index contributed by atoms with van der Waals surface area (Å²) >= 11 is 0.568. The van der Waals surface area contributed by atoms with Crippen molar-refractivity contribution in [3.8, 4) is 11.6 Å². The van der Waals surface area contributed by atoms with Gasteiger partial charge < -0.3 is 10.5 Å². The van der Waals surface area contributed by atoms with Gasteiger partial charge in [0.25, 0.3) is 0 Å². The van der Waals surface area contributed by atoms with Gasteiger partial charge in [-0.25, -0.2) is 4.98 Å². The molecule has 0 aliphatic heterocycles. The Morgan fingerprint density at radius 1 is 1.36 bits per heavy atom. The molecule has 0 spiro atoms. The molecule has 2 aromatic rings. The molecule has 8 heteroatoms. The second kappa shape index (κ2) is 6.78. The topological polar surface area (TPSA) is 65.2 Å². The normalized spacial score (nSPS) is 11.4. The Morgan fingerprint density at radius 2 is 2.14 bits per heavy atom. The van der Waals surface area contributed by atoms with E-state index in [4.69, 9.17) is 10.5 Å². The summed E-state index contributed by atoms with van der Waals surface area (Å²) in [5, 5.41) is 1.28. The molecule has 2 heterocycles. The molecule has 1 amide bonds. The molecule has 0 unspecified atom stereocenters. The molecule has 0 aliphatic carbocycles. The van der Waals surface area contributed by atoms with E-state index in [-0.39, 0.29) is 24.0 Å². The maximum Gasteiger partial charge on any atom is 0.425 e. The first kappa shape index (κ1) is 16.3. The number of hydrogen-bond acceptors (Lipinski definition) is 4. The number of nitrogens with zero attached hydrogens (tertiary/aromatic N) is 1. The van der Waals surface area contributed by atoms with Crippen LogP contribution in [0, 0.1) is 0 Å². The molecule has 0 bridgehead atoms. The number of alkyl halides is 3. The number of nitrogens with two attached hydrogens (primary N) is 1. The summed E-state index contributed by atoms with van der Waals surface area (Å²) in [6, 6.07) is 5.94. The third-order valence-electron chi connectivity index (χ3n) is 2.71. The zero-order chi connectivity index (χ0) is 16.2. The van der Waals surface area contributed by atoms with E-state index in [1.165, 1.54) is 5.38 Å². The highest BCUT2D eigenvalue weighted by atomic mass is 32.1. The number of primary amides is 1. The Labute approximate surface area is 128 Å². The SMILES string of the molecule is NC(=O)CCCc1cccc(Oc2csc(C(F)(F)F)c2)n1. The maximum atomic E-state index is 12.5. The van der Waals surface area contributed by atoms with Crippen LogP contribution in [0.2, 0.25) is 0 Å². The lowest BCUT2D eigenvalue weighted by Crippen LogP contribution is -2.10. The summed E-state index contributed by atoms with van der Waals surface area (Å²) in [6.45, 7) is 0. The van der Waals surface area contributed by atoms with Crippen molar-refractivity contribution in [2.75, 3.05) is 0 Å². The fourth-order valence-electron chi connectivity index (χ4n) is 1.74. The number of aromatic nitrogens is 1. The van der Waals surface area contributed by atoms with E-state index in [0.717, 1.165) is 6.07 Å². The number of carbonyl (C=O) groups excluding carboxylic acids is 1. The van der Waals surface area contributed by atoms with Gasteiger partial charge in [0.1, 0.15) is 10.6 Å². The molecule has 0 saturated carbocycles. The molecule has 2 rings (SSSR count). The quantitative estimate of drug-likeness (QED) is 0.877. The van der Waals surface area contributed by atoms with Crippen LogP contribution in [-0.2, 0) is 17.4 Å². The predicted octanol–water partition coefficient (Wildman–Crippen LogP) is 3.76. The van der Waals surface area contributed by atoms with Crippen LogP contribution in [0.15, 0.2) is 29.6 Å². The molecule has 0 aromatic carbocycles. The van der Waals surface area contributed by atoms with Crippen LogP contribution in [0.4, 0.5) is 13.2 Å². The van der Waals surface area contributed by atoms with E-state index in [0.29, 0.717) is 29.9 Å². The number of carbonyl (C=O) groups is 1. The number of pyridine rings is 1. The van der Waals surface area contributed by atoms with Crippen molar-refractivity contribution < 1.29 is 22.7 Å². The number of rotatable bonds is 6. The van der Waals surface area contributed by atoms with Crippen LogP contribution < -0.4 is 10.5 Å². The molecule has 0 fully saturated rings. The summed E-state index contributed by atoms with van der Waals surface area (Å²) in [4.78, 5) is 14.1. The Bertz CT molecular complexity index is 656. The van der Waals surface area contributed by atoms with E-state index in [1.54, 1.807) is 18.2 Å². The fourth-order valence-corrected chi connectivity index (χ4v) is 2.42. The molecule has 22 heavy (non-hydrogen) atoms. The second-order valence-corrected chi connectivity index (χ2v) is 5.44. The summed E-state index contributed by atoms with van der Waals surface area (Å²) in [7, 11) is 0. The van der Waals surface area contributed by atoms with Crippen molar-refractivity contribution in [3.05, 3.63) is 40.2 Å². The smallest absolute Gasteiger partial charge is 0.425 e. The monoisotopic (exact) mass is 330 g/mol. The molecule has 118 valence electrons. The molecule has 2 aromatic heterocycles. The van der Waals surface area contributed by atoms with Crippen LogP contribution in [-0.4, -0.2) is 10.9 Å². The highest BCUT2D eigenvalue weighted by molar-refractivity contribution is 7.10. The van der Waals surface area contributed by atoms with Gasteiger partial charge in [-0.15, -0.1) is 11.3 Å². The Kier molecular flexibility index (Phi) is 5.02. The molecular weight excluding hydrogens is 317 g/mol. The van der Waals surface area contributed by atoms with Crippen molar-refractivity contribution in [1.82, 2.24) is 4.98 Å². The standard InChI is InChI=1S/C14H13F3N2O2S/c15-14(16,17)11-7-10(8-22-11)21-13-6-2-4-9(19-13)3-1-5-12(18)20/h2,4,6-8H,1,3,5H2,(H2,18,20). The lowest BCUT2D eigenvalue weighted by Gasteiger charge is -2.05. The Hall–Kier alpha value is -2.09. The number of hydrogen-bond donors (Lipinski definition) is 1. The minimum Gasteiger partial charge on any atom is -0.438 e. The molecule has 0 saturated heterocycles. The number of thiophene rings is 1. The summed E-state index contributed by atoms with van der Waals surface area (Å²) < 4.78 is 42.9. The molecule has 0 aliphatic rings. The van der Waals surface area contributed by atoms with Gasteiger partial charge in [-0.2, -0.15) is 13.2 Å². The lowest BCUT2D eigenvalue weighted by molar-refractivity contribution is -0.134. The van der Waals surface area contributed by atoms with Crippen molar-refractivity contribution in [3.63, 3.8) is 0 Å². The lowest BCUT2D eigenvalue weighted by atomic mass is 10.2. The molecule has 4 nitrogen and oxygen atoms in total. The van der Waals surface area contributed by atoms with E-state index in [2.05, 4.69) is 4.98 Å². The van der Waals surface area contributed by atoms with Gasteiger partial charge in [0.15, 0.2) is 0 Å². The van der Waals surface area contributed by atoms with Gasteiger partial charge in [0, 0.05) is 29.6 Å². The number of halogens is 3. The van der Waals surface area contributed by atoms with Gasteiger partial charge in [-0.3, -0.25) is 4.79 Å². The molecule has 0 atom stereocenters. The Balaban J connectivity index is 2.01. The molecular formula is C14H13F3N2O2S. The first-order valence-electron chi connectivity index (χ1n) is 6.42. The number of amides is 1. The first-order chi connectivity index (χ1) is 10.3. The van der Waals surface area contributed by atoms with Crippen LogP contribution in [0.5, 0.6) is 11.6 Å². The van der Waals surface area contributed by atoms with Gasteiger partial charge in [0.2, 0.25) is 11.8 Å². The van der Waals surface area contributed by atoms with Crippen molar-refractivity contribution >= 4 is 17.2 Å². The first-order valence-corrected chi connectivity index (χ1v) is 7.30. The summed E-state index contributed by atoms with van der Waals surface area (Å²) in [5.74, 6) is -0.0763. The largest absolute Gasteiger partial charge is 0.438 e. The van der Waals surface area contributed by atoms with E-state index in [9.17, 15) is 18.0 Å². The third kappa shape index (κ3) is 4.73. The van der Waals surface area contributed by atoms with E-state index in [1.807, 2.05) is 0 Å². The second-order valence-electron chi connectivity index (χ2n) is 4.53. The molecule has 0 radical (unpaired) electrons. The predicted molar refractivity (Wildman–Crippen MR) is 75.8 cm³/mol. The van der Waals surface area contributed by atoms with Gasteiger partial charge >= 0.3 is 6.18 Å². The number of ether oxygens (including phenoxy) is 1. The number of aryl methyl sites for hydroxylation is 1. The van der Waals surface area contributed by atoms with Gasteiger partial charge in [0.05, 0.1) is 0 Å².